The van der Waals surface area contributed by atoms with E-state index >= 15 is 0 Å². The fraction of sp³-hybridized carbons (Fsp3) is 0.216. The van der Waals surface area contributed by atoms with Crippen LogP contribution in [0.4, 0.5) is 5.13 Å². The van der Waals surface area contributed by atoms with E-state index in [0.717, 1.165) is 28.5 Å². The van der Waals surface area contributed by atoms with Gasteiger partial charge in [-0.05, 0) is 46.5 Å². The van der Waals surface area contributed by atoms with E-state index in [1.54, 1.807) is 62.1 Å². The van der Waals surface area contributed by atoms with Gasteiger partial charge in [0.15, 0.2) is 10.8 Å². The number of carbonyl (C=O) groups is 4. The lowest BCUT2D eigenvalue weighted by atomic mass is 9.77. The zero-order valence-electron chi connectivity index (χ0n) is 37.9. The number of ether oxygens (including phenoxy) is 5. The van der Waals surface area contributed by atoms with Gasteiger partial charge in [-0.3, -0.25) is 19.3 Å². The molecule has 2 aliphatic heterocycles. The van der Waals surface area contributed by atoms with E-state index in [1.807, 2.05) is 91.0 Å². The summed E-state index contributed by atoms with van der Waals surface area (Å²) in [5.41, 5.74) is 3.22. The predicted octanol–water partition coefficient (Wildman–Crippen LogP) is 7.75. The van der Waals surface area contributed by atoms with Gasteiger partial charge in [-0.25, -0.2) is 9.78 Å². The van der Waals surface area contributed by atoms with Crippen LogP contribution in [0, 0.1) is 0 Å². The molecule has 8 rings (SSSR count). The number of nitrogens with zero attached hydrogens (tertiary/aromatic N) is 3. The van der Waals surface area contributed by atoms with Gasteiger partial charge in [-0.2, -0.15) is 0 Å². The van der Waals surface area contributed by atoms with Crippen LogP contribution in [0.15, 0.2) is 155 Å². The number of methoxy groups -OCH3 is 4. The molecule has 354 valence electrons. The van der Waals surface area contributed by atoms with Crippen molar-refractivity contribution in [2.24, 2.45) is 5.16 Å². The maximum absolute atomic E-state index is 14.6. The topological polar surface area (TPSA) is 176 Å². The molecule has 15 nitrogen and oxygen atoms in total. The van der Waals surface area contributed by atoms with E-state index in [2.05, 4.69) is 15.8 Å². The van der Waals surface area contributed by atoms with Crippen molar-refractivity contribution in [3.8, 4) is 17.2 Å². The molecule has 0 aliphatic carbocycles. The summed E-state index contributed by atoms with van der Waals surface area (Å²) in [6.45, 7) is -0.178. The summed E-state index contributed by atoms with van der Waals surface area (Å²) >= 11 is 3.68. The zero-order valence-corrected chi connectivity index (χ0v) is 40.4. The summed E-state index contributed by atoms with van der Waals surface area (Å²) in [6, 6.07) is 41.2. The third-order valence-corrected chi connectivity index (χ3v) is 14.6. The third-order valence-electron chi connectivity index (χ3n) is 11.3. The van der Waals surface area contributed by atoms with E-state index in [1.165, 1.54) is 42.2 Å². The molecule has 0 bridgehead atoms. The molecular weight excluding hydrogens is 939 g/mol. The predicted molar refractivity (Wildman–Crippen MR) is 265 cm³/mol. The highest BCUT2D eigenvalue weighted by Gasteiger charge is 2.55. The number of nitrogens with one attached hydrogen (secondary N) is 2. The van der Waals surface area contributed by atoms with Gasteiger partial charge in [0.1, 0.15) is 58.8 Å². The van der Waals surface area contributed by atoms with Gasteiger partial charge >= 0.3 is 11.9 Å². The van der Waals surface area contributed by atoms with Gasteiger partial charge in [0.25, 0.3) is 11.8 Å². The Labute approximate surface area is 411 Å². The molecule has 0 radical (unpaired) electrons. The number of esters is 2. The number of aromatic nitrogens is 1. The van der Waals surface area contributed by atoms with Crippen LogP contribution in [0.1, 0.15) is 33.5 Å². The van der Waals surface area contributed by atoms with Crippen LogP contribution in [0.2, 0.25) is 0 Å². The van der Waals surface area contributed by atoms with Gasteiger partial charge in [-0.15, -0.1) is 34.9 Å². The molecule has 2 N–H and O–H groups in total. The number of thioether (sulfide) groups is 2. The summed E-state index contributed by atoms with van der Waals surface area (Å²) in [4.78, 5) is 67.5. The number of hydrogen-bond acceptors (Lipinski definition) is 16. The lowest BCUT2D eigenvalue weighted by molar-refractivity contribution is -0.153. The molecule has 0 spiro atoms. The molecule has 6 aromatic rings. The second-order valence-electron chi connectivity index (χ2n) is 15.3. The van der Waals surface area contributed by atoms with Crippen LogP contribution in [0.3, 0.4) is 0 Å². The monoisotopic (exact) mass is 985 g/mol. The number of anilines is 1. The Bertz CT molecular complexity index is 2750. The Morgan fingerprint density at radius 3 is 2.01 bits per heavy atom. The van der Waals surface area contributed by atoms with Crippen molar-refractivity contribution in [1.82, 2.24) is 15.2 Å². The van der Waals surface area contributed by atoms with E-state index in [9.17, 15) is 19.2 Å². The standard InChI is InChI=1S/C51H47N5O10S3/c1-61-37-23-20-32(21-24-37)27-65-49(60)45-41(67-31-42(57)64-4)30-68-48-44(47(59)56(45)48)53-46(58)43(55-66-28-33-22-25-38(62-2)26-40(33)63-3)39-29-69-50(52-39)54-51(34-14-8-5-9-15-34,35-16-10-6-11-17-35)36-18-12-7-13-19-36/h5-26,29,44,48H,27-28,30-31H2,1-4H3,(H,52,54)(H,53,58)/b55-43-/t44-,48-/m1/s1. The minimum atomic E-state index is -1.08. The van der Waals surface area contributed by atoms with Crippen molar-refractivity contribution in [3.05, 3.63) is 183 Å². The van der Waals surface area contributed by atoms with Gasteiger partial charge in [0.05, 0.1) is 34.2 Å². The first kappa shape index (κ1) is 48.2. The van der Waals surface area contributed by atoms with Gasteiger partial charge in [-0.1, -0.05) is 108 Å². The number of hydrogen-bond donors (Lipinski definition) is 2. The van der Waals surface area contributed by atoms with Gasteiger partial charge in [0, 0.05) is 27.7 Å². The number of amides is 2. The molecule has 1 fully saturated rings. The average molecular weight is 986 g/mol. The molecule has 0 unspecified atom stereocenters. The third kappa shape index (κ3) is 10.6. The fourth-order valence-corrected chi connectivity index (χ4v) is 11.0. The summed E-state index contributed by atoms with van der Waals surface area (Å²) in [6.07, 6.45) is 0. The van der Waals surface area contributed by atoms with Crippen molar-refractivity contribution in [3.63, 3.8) is 0 Å². The largest absolute Gasteiger partial charge is 0.497 e. The molecule has 2 atom stereocenters. The lowest BCUT2D eigenvalue weighted by Crippen LogP contribution is -2.71. The first-order valence-electron chi connectivity index (χ1n) is 21.5. The van der Waals surface area contributed by atoms with E-state index in [-0.39, 0.29) is 41.8 Å². The normalized spacial score (nSPS) is 15.6. The number of carbonyl (C=O) groups excluding carboxylic acids is 4. The minimum absolute atomic E-state index is 0.00345. The number of thiazole rings is 1. The molecular formula is C51H47N5O10S3. The van der Waals surface area contributed by atoms with E-state index < -0.39 is 40.7 Å². The molecule has 2 aliphatic rings. The molecule has 18 heteroatoms. The number of fused-ring (bicyclic) bond motifs is 1. The number of rotatable bonds is 20. The maximum atomic E-state index is 14.6. The molecule has 3 heterocycles. The first-order valence-corrected chi connectivity index (χ1v) is 24.4. The summed E-state index contributed by atoms with van der Waals surface area (Å²) in [7, 11) is 5.90. The number of β-lactam (4-membered cyclic amide) rings is 1. The summed E-state index contributed by atoms with van der Waals surface area (Å²) in [5, 5.41) is 12.4. The van der Waals surface area contributed by atoms with E-state index in [4.69, 9.17) is 33.5 Å². The van der Waals surface area contributed by atoms with Crippen LogP contribution in [0.25, 0.3) is 0 Å². The highest BCUT2D eigenvalue weighted by atomic mass is 32.2. The van der Waals surface area contributed by atoms with E-state index in [0.29, 0.717) is 38.4 Å². The summed E-state index contributed by atoms with van der Waals surface area (Å²) in [5.74, 6) is -0.706. The average Bonchev–Trinajstić information content (AvgIpc) is 3.87. The SMILES string of the molecule is COC(=O)CSC1=C(C(=O)OCc2ccc(OC)cc2)N2C(=O)[C@@H](NC(=O)/C(=N\OCc3ccc(OC)cc3OC)c3csc(NC(c4ccccc4)(c4ccccc4)c4ccccc4)n3)[C@H]2SC1. The van der Waals surface area contributed by atoms with Crippen molar-refractivity contribution >= 4 is 69.5 Å². The Balaban J connectivity index is 1.09. The molecule has 1 aromatic heterocycles. The smallest absolute Gasteiger partial charge is 0.356 e. The highest BCUT2D eigenvalue weighted by Crippen LogP contribution is 2.44. The maximum Gasteiger partial charge on any atom is 0.356 e. The second kappa shape index (κ2) is 22.2. The van der Waals surface area contributed by atoms with Gasteiger partial charge in [0.2, 0.25) is 0 Å². The van der Waals surface area contributed by atoms with Crippen molar-refractivity contribution in [2.75, 3.05) is 45.3 Å². The van der Waals surface area contributed by atoms with Crippen LogP contribution in [0.5, 0.6) is 17.2 Å². The van der Waals surface area contributed by atoms with Crippen molar-refractivity contribution < 1.29 is 47.7 Å². The Morgan fingerprint density at radius 2 is 1.42 bits per heavy atom. The van der Waals surface area contributed by atoms with Gasteiger partial charge < -0.3 is 39.2 Å². The summed E-state index contributed by atoms with van der Waals surface area (Å²) < 4.78 is 26.7. The number of benzene rings is 5. The molecule has 2 amide bonds. The first-order chi connectivity index (χ1) is 33.7. The Kier molecular flexibility index (Phi) is 15.5. The van der Waals surface area contributed by atoms with Crippen molar-refractivity contribution in [2.45, 2.75) is 30.2 Å². The van der Waals surface area contributed by atoms with Crippen LogP contribution in [-0.2, 0) is 52.2 Å². The fourth-order valence-electron chi connectivity index (χ4n) is 7.77. The van der Waals surface area contributed by atoms with Crippen LogP contribution >= 0.6 is 34.9 Å². The Morgan fingerprint density at radius 1 is 0.797 bits per heavy atom. The molecule has 0 saturated carbocycles. The minimum Gasteiger partial charge on any atom is -0.497 e. The number of oxime groups is 1. The quantitative estimate of drug-likeness (QED) is 0.0250. The Hall–Kier alpha value is -7.28. The zero-order chi connectivity index (χ0) is 48.3. The molecule has 1 saturated heterocycles. The highest BCUT2D eigenvalue weighted by molar-refractivity contribution is 8.06. The van der Waals surface area contributed by atoms with Crippen molar-refractivity contribution in [1.29, 1.82) is 0 Å². The van der Waals surface area contributed by atoms with Crippen LogP contribution < -0.4 is 24.8 Å². The second-order valence-corrected chi connectivity index (χ2v) is 18.4. The van der Waals surface area contributed by atoms with Crippen LogP contribution in [-0.4, -0.2) is 90.7 Å². The molecule has 69 heavy (non-hydrogen) atoms. The molecule has 5 aromatic carbocycles. The lowest BCUT2D eigenvalue weighted by Gasteiger charge is -2.49.